The smallest absolute Gasteiger partial charge is 0.143 e. The van der Waals surface area contributed by atoms with E-state index < -0.39 is 23.3 Å². The Morgan fingerprint density at radius 1 is 1.26 bits per heavy atom. The molecule has 1 aromatic carbocycles. The van der Waals surface area contributed by atoms with Crippen molar-refractivity contribution in [2.45, 2.75) is 13.0 Å². The number of hydrogen-bond acceptors (Lipinski definition) is 3. The fraction of sp³-hybridized carbons (Fsp3) is 0.214. The van der Waals surface area contributed by atoms with Crippen molar-refractivity contribution >= 4 is 0 Å². The molecule has 1 unspecified atom stereocenters. The molecule has 3 nitrogen and oxygen atoms in total. The lowest BCUT2D eigenvalue weighted by molar-refractivity contribution is 0.198. The molecular formula is C14H13F2NO2. The Morgan fingerprint density at radius 3 is 2.68 bits per heavy atom. The van der Waals surface area contributed by atoms with E-state index in [0.717, 1.165) is 6.07 Å². The number of halogens is 2. The van der Waals surface area contributed by atoms with E-state index in [1.165, 1.54) is 26.3 Å². The van der Waals surface area contributed by atoms with Crippen LogP contribution in [0, 0.1) is 18.6 Å². The summed E-state index contributed by atoms with van der Waals surface area (Å²) in [5.41, 5.74) is -0.0873. The maximum absolute atomic E-state index is 14.0. The number of nitrogens with zero attached hydrogens (tertiary/aromatic N) is 1. The normalized spacial score (nSPS) is 12.3. The van der Waals surface area contributed by atoms with Crippen molar-refractivity contribution in [3.05, 3.63) is 58.9 Å². The van der Waals surface area contributed by atoms with Gasteiger partial charge in [-0.05, 0) is 30.7 Å². The van der Waals surface area contributed by atoms with Gasteiger partial charge in [-0.25, -0.2) is 8.78 Å². The van der Waals surface area contributed by atoms with Gasteiger partial charge in [0.25, 0.3) is 0 Å². The minimum Gasteiger partial charge on any atom is -0.495 e. The third-order valence-corrected chi connectivity index (χ3v) is 2.87. The summed E-state index contributed by atoms with van der Waals surface area (Å²) in [7, 11) is 1.40. The van der Waals surface area contributed by atoms with E-state index in [9.17, 15) is 13.9 Å². The predicted molar refractivity (Wildman–Crippen MR) is 65.9 cm³/mol. The summed E-state index contributed by atoms with van der Waals surface area (Å²) in [5.74, 6) is -1.32. The van der Waals surface area contributed by atoms with E-state index in [1.807, 2.05) is 0 Å². The van der Waals surface area contributed by atoms with Gasteiger partial charge in [-0.3, -0.25) is 4.98 Å². The van der Waals surface area contributed by atoms with Crippen molar-refractivity contribution < 1.29 is 18.6 Å². The highest BCUT2D eigenvalue weighted by molar-refractivity contribution is 5.38. The van der Waals surface area contributed by atoms with E-state index in [2.05, 4.69) is 4.98 Å². The van der Waals surface area contributed by atoms with Crippen LogP contribution >= 0.6 is 0 Å². The van der Waals surface area contributed by atoms with Gasteiger partial charge in [0.2, 0.25) is 0 Å². The van der Waals surface area contributed by atoms with E-state index in [0.29, 0.717) is 0 Å². The first-order valence-corrected chi connectivity index (χ1v) is 5.67. The standard InChI is InChI=1S/C14H13F2NO2/c1-8-5-6-9(15)11(12(8)16)14(18)13-10(19-2)4-3-7-17-13/h3-7,14,18H,1-2H3. The first kappa shape index (κ1) is 13.4. The van der Waals surface area contributed by atoms with Gasteiger partial charge >= 0.3 is 0 Å². The van der Waals surface area contributed by atoms with Gasteiger partial charge in [0.15, 0.2) is 0 Å². The van der Waals surface area contributed by atoms with Gasteiger partial charge in [-0.15, -0.1) is 0 Å². The monoisotopic (exact) mass is 265 g/mol. The third-order valence-electron chi connectivity index (χ3n) is 2.87. The molecule has 100 valence electrons. The number of pyridine rings is 1. The van der Waals surface area contributed by atoms with Crippen molar-refractivity contribution in [3.63, 3.8) is 0 Å². The van der Waals surface area contributed by atoms with E-state index >= 15 is 0 Å². The molecule has 0 saturated carbocycles. The number of ether oxygens (including phenoxy) is 1. The third kappa shape index (κ3) is 2.42. The van der Waals surface area contributed by atoms with Gasteiger partial charge in [0, 0.05) is 6.20 Å². The van der Waals surface area contributed by atoms with E-state index in [1.54, 1.807) is 12.1 Å². The molecular weight excluding hydrogens is 252 g/mol. The maximum Gasteiger partial charge on any atom is 0.143 e. The SMILES string of the molecule is COc1cccnc1C(O)c1c(F)ccc(C)c1F. The molecule has 0 aliphatic carbocycles. The minimum absolute atomic E-state index is 0.0772. The topological polar surface area (TPSA) is 42.4 Å². The molecule has 1 atom stereocenters. The molecule has 0 aliphatic heterocycles. The number of methoxy groups -OCH3 is 1. The van der Waals surface area contributed by atoms with Crippen molar-refractivity contribution in [3.8, 4) is 5.75 Å². The number of aliphatic hydroxyl groups is 1. The van der Waals surface area contributed by atoms with Crippen LogP contribution in [0.1, 0.15) is 22.9 Å². The molecule has 0 radical (unpaired) electrons. The Bertz CT molecular complexity index is 602. The number of hydrogen-bond donors (Lipinski definition) is 1. The summed E-state index contributed by atoms with van der Waals surface area (Å²) >= 11 is 0. The molecule has 0 bridgehead atoms. The second-order valence-corrected chi connectivity index (χ2v) is 4.09. The van der Waals surface area contributed by atoms with Crippen LogP contribution < -0.4 is 4.74 Å². The summed E-state index contributed by atoms with van der Waals surface area (Å²) < 4.78 is 32.7. The number of aromatic nitrogens is 1. The van der Waals surface area contributed by atoms with Gasteiger partial charge in [0.05, 0.1) is 12.7 Å². The second-order valence-electron chi connectivity index (χ2n) is 4.09. The Hall–Kier alpha value is -2.01. The summed E-state index contributed by atoms with van der Waals surface area (Å²) in [6.45, 7) is 1.50. The van der Waals surface area contributed by atoms with Crippen LogP contribution in [0.2, 0.25) is 0 Å². The molecule has 1 aromatic heterocycles. The fourth-order valence-electron chi connectivity index (χ4n) is 1.85. The number of benzene rings is 1. The number of rotatable bonds is 3. The molecule has 1 heterocycles. The largest absolute Gasteiger partial charge is 0.495 e. The van der Waals surface area contributed by atoms with Gasteiger partial charge in [-0.2, -0.15) is 0 Å². The van der Waals surface area contributed by atoms with Crippen LogP contribution in [-0.2, 0) is 0 Å². The fourth-order valence-corrected chi connectivity index (χ4v) is 1.85. The molecule has 5 heteroatoms. The lowest BCUT2D eigenvalue weighted by Crippen LogP contribution is -2.10. The molecule has 1 N–H and O–H groups in total. The van der Waals surface area contributed by atoms with Crippen molar-refractivity contribution in [1.29, 1.82) is 0 Å². The summed E-state index contributed by atoms with van der Waals surface area (Å²) in [6, 6.07) is 5.61. The predicted octanol–water partition coefficient (Wildman–Crippen LogP) is 2.76. The quantitative estimate of drug-likeness (QED) is 0.927. The maximum atomic E-state index is 14.0. The zero-order valence-corrected chi connectivity index (χ0v) is 10.5. The molecule has 0 amide bonds. The summed E-state index contributed by atoms with van der Waals surface area (Å²) in [6.07, 6.45) is -0.0943. The highest BCUT2D eigenvalue weighted by Gasteiger charge is 2.24. The average molecular weight is 265 g/mol. The Kier molecular flexibility index (Phi) is 3.76. The summed E-state index contributed by atoms with van der Waals surface area (Å²) in [5, 5.41) is 10.2. The van der Waals surface area contributed by atoms with Crippen LogP contribution in [0.15, 0.2) is 30.5 Å². The van der Waals surface area contributed by atoms with Crippen LogP contribution in [-0.4, -0.2) is 17.2 Å². The van der Waals surface area contributed by atoms with Gasteiger partial charge in [-0.1, -0.05) is 6.07 Å². The van der Waals surface area contributed by atoms with E-state index in [4.69, 9.17) is 4.74 Å². The van der Waals surface area contributed by atoms with Crippen LogP contribution in [0.25, 0.3) is 0 Å². The molecule has 19 heavy (non-hydrogen) atoms. The first-order valence-electron chi connectivity index (χ1n) is 5.67. The van der Waals surface area contributed by atoms with Gasteiger partial charge in [0.1, 0.15) is 29.2 Å². The average Bonchev–Trinajstić information content (AvgIpc) is 2.43. The molecule has 0 spiro atoms. The minimum atomic E-state index is -1.52. The van der Waals surface area contributed by atoms with Crippen LogP contribution in [0.3, 0.4) is 0 Å². The zero-order chi connectivity index (χ0) is 14.0. The van der Waals surface area contributed by atoms with Crippen molar-refractivity contribution in [2.24, 2.45) is 0 Å². The second kappa shape index (κ2) is 5.32. The summed E-state index contributed by atoms with van der Waals surface area (Å²) in [4.78, 5) is 3.93. The molecule has 0 aliphatic rings. The van der Waals surface area contributed by atoms with Crippen molar-refractivity contribution in [2.75, 3.05) is 7.11 Å². The van der Waals surface area contributed by atoms with E-state index in [-0.39, 0.29) is 17.0 Å². The zero-order valence-electron chi connectivity index (χ0n) is 10.5. The molecule has 0 fully saturated rings. The molecule has 2 aromatic rings. The Morgan fingerprint density at radius 2 is 2.00 bits per heavy atom. The highest BCUT2D eigenvalue weighted by Crippen LogP contribution is 2.31. The van der Waals surface area contributed by atoms with Gasteiger partial charge < -0.3 is 9.84 Å². The van der Waals surface area contributed by atoms with Crippen LogP contribution in [0.4, 0.5) is 8.78 Å². The lowest BCUT2D eigenvalue weighted by Gasteiger charge is -2.16. The molecule has 0 saturated heterocycles. The van der Waals surface area contributed by atoms with Crippen molar-refractivity contribution in [1.82, 2.24) is 4.98 Å². The molecule has 2 rings (SSSR count). The Labute approximate surface area is 109 Å². The first-order chi connectivity index (χ1) is 9.06. The lowest BCUT2D eigenvalue weighted by atomic mass is 10.0. The number of aryl methyl sites for hydroxylation is 1. The van der Waals surface area contributed by atoms with Crippen LogP contribution in [0.5, 0.6) is 5.75 Å². The number of aliphatic hydroxyl groups excluding tert-OH is 1. The highest BCUT2D eigenvalue weighted by atomic mass is 19.1. The Balaban J connectivity index is 2.56.